The van der Waals surface area contributed by atoms with E-state index in [9.17, 15) is 4.79 Å². The van der Waals surface area contributed by atoms with Crippen LogP contribution in [-0.4, -0.2) is 31.8 Å². The van der Waals surface area contributed by atoms with Crippen molar-refractivity contribution in [3.05, 3.63) is 0 Å². The van der Waals surface area contributed by atoms with Gasteiger partial charge in [-0.3, -0.25) is 10.1 Å². The lowest BCUT2D eigenvalue weighted by Gasteiger charge is -2.27. The summed E-state index contributed by atoms with van der Waals surface area (Å²) >= 11 is 0. The summed E-state index contributed by atoms with van der Waals surface area (Å²) in [6.07, 6.45) is 0. The van der Waals surface area contributed by atoms with E-state index in [1.807, 2.05) is 13.8 Å². The van der Waals surface area contributed by atoms with Gasteiger partial charge in [-0.2, -0.15) is 0 Å². The summed E-state index contributed by atoms with van der Waals surface area (Å²) in [5.41, 5.74) is 0. The predicted octanol–water partition coefficient (Wildman–Crippen LogP) is -0.295. The van der Waals surface area contributed by atoms with Gasteiger partial charge in [0.1, 0.15) is 6.73 Å². The quantitative estimate of drug-likeness (QED) is 0.452. The summed E-state index contributed by atoms with van der Waals surface area (Å²) in [4.78, 5) is 11.0. The van der Waals surface area contributed by atoms with Crippen molar-refractivity contribution in [3.8, 4) is 0 Å². The molecular weight excluding hydrogens is 156 g/mol. The molecule has 0 bridgehead atoms. The maximum absolute atomic E-state index is 11.0. The molecular formula is C8H16N2O2. The number of rotatable bonds is 4. The first-order chi connectivity index (χ1) is 5.70. The van der Waals surface area contributed by atoms with Crippen LogP contribution in [0.2, 0.25) is 0 Å². The Hall–Kier alpha value is -0.610. The highest BCUT2D eigenvalue weighted by molar-refractivity contribution is 5.71. The summed E-state index contributed by atoms with van der Waals surface area (Å²) in [5.74, 6) is -0.180. The number of esters is 1. The fourth-order valence-corrected chi connectivity index (χ4v) is 0.830. The van der Waals surface area contributed by atoms with E-state index >= 15 is 0 Å². The lowest BCUT2D eigenvalue weighted by Crippen LogP contribution is -2.55. The van der Waals surface area contributed by atoms with Crippen LogP contribution < -0.4 is 10.6 Å². The van der Waals surface area contributed by atoms with Gasteiger partial charge in [0.15, 0.2) is 0 Å². The zero-order valence-electron chi connectivity index (χ0n) is 7.59. The monoisotopic (exact) mass is 172 g/mol. The van der Waals surface area contributed by atoms with E-state index in [1.54, 1.807) is 0 Å². The van der Waals surface area contributed by atoms with Crippen molar-refractivity contribution >= 4 is 5.97 Å². The smallest absolute Gasteiger partial charge is 0.309 e. The molecule has 0 spiro atoms. The molecule has 4 heteroatoms. The molecule has 0 saturated carbocycles. The largest absolute Gasteiger partial charge is 0.450 e. The summed E-state index contributed by atoms with van der Waals surface area (Å²) in [6, 6.07) is 0.477. The minimum atomic E-state index is -0.144. The van der Waals surface area contributed by atoms with Gasteiger partial charge in [0, 0.05) is 19.1 Å². The van der Waals surface area contributed by atoms with Crippen molar-refractivity contribution in [2.75, 3.05) is 19.8 Å². The van der Waals surface area contributed by atoms with E-state index < -0.39 is 0 Å². The van der Waals surface area contributed by atoms with E-state index in [1.165, 1.54) is 0 Å². The summed E-state index contributed by atoms with van der Waals surface area (Å²) in [5, 5.41) is 6.22. The van der Waals surface area contributed by atoms with Crippen molar-refractivity contribution in [1.82, 2.24) is 10.6 Å². The average Bonchev–Trinajstić information content (AvgIpc) is 1.93. The molecule has 70 valence electrons. The third kappa shape index (κ3) is 2.79. The van der Waals surface area contributed by atoms with Gasteiger partial charge in [0.05, 0.1) is 5.92 Å². The Kier molecular flexibility index (Phi) is 3.49. The van der Waals surface area contributed by atoms with E-state index in [2.05, 4.69) is 10.6 Å². The third-order valence-corrected chi connectivity index (χ3v) is 1.84. The molecule has 1 fully saturated rings. The summed E-state index contributed by atoms with van der Waals surface area (Å²) in [7, 11) is 0. The topological polar surface area (TPSA) is 50.4 Å². The molecule has 1 heterocycles. The molecule has 4 nitrogen and oxygen atoms in total. The molecule has 0 unspecified atom stereocenters. The summed E-state index contributed by atoms with van der Waals surface area (Å²) in [6.45, 7) is 5.93. The first-order valence-electron chi connectivity index (χ1n) is 4.31. The van der Waals surface area contributed by atoms with Gasteiger partial charge in [-0.25, -0.2) is 0 Å². The minimum absolute atomic E-state index is 0.0358. The fraction of sp³-hybridized carbons (Fsp3) is 0.875. The van der Waals surface area contributed by atoms with Gasteiger partial charge < -0.3 is 10.1 Å². The Bertz CT molecular complexity index is 155. The number of nitrogens with one attached hydrogen (secondary N) is 2. The normalized spacial score (nSPS) is 17.6. The zero-order valence-corrected chi connectivity index (χ0v) is 7.59. The molecule has 1 aliphatic heterocycles. The second kappa shape index (κ2) is 4.42. The van der Waals surface area contributed by atoms with Gasteiger partial charge in [-0.1, -0.05) is 13.8 Å². The van der Waals surface area contributed by atoms with Crippen LogP contribution in [0.15, 0.2) is 0 Å². The first-order valence-corrected chi connectivity index (χ1v) is 4.31. The second-order valence-corrected chi connectivity index (χ2v) is 3.32. The Morgan fingerprint density at radius 3 is 2.75 bits per heavy atom. The standard InChI is InChI=1S/C8H16N2O2/c1-6(2)8(11)12-5-10-7-3-9-4-7/h6-7,9-10H,3-5H2,1-2H3. The molecule has 1 aliphatic rings. The third-order valence-electron chi connectivity index (χ3n) is 1.84. The highest BCUT2D eigenvalue weighted by Gasteiger charge is 2.16. The first kappa shape index (κ1) is 9.48. The van der Waals surface area contributed by atoms with E-state index in [0.717, 1.165) is 13.1 Å². The number of carbonyl (C=O) groups excluding carboxylic acids is 1. The van der Waals surface area contributed by atoms with E-state index in [-0.39, 0.29) is 11.9 Å². The highest BCUT2D eigenvalue weighted by Crippen LogP contribution is 1.95. The number of hydrogen-bond donors (Lipinski definition) is 2. The lowest BCUT2D eigenvalue weighted by molar-refractivity contribution is -0.148. The van der Waals surface area contributed by atoms with Crippen molar-refractivity contribution < 1.29 is 9.53 Å². The van der Waals surface area contributed by atoms with Gasteiger partial charge in [-0.15, -0.1) is 0 Å². The van der Waals surface area contributed by atoms with Gasteiger partial charge >= 0.3 is 5.97 Å². The van der Waals surface area contributed by atoms with Gasteiger partial charge in [-0.05, 0) is 0 Å². The maximum Gasteiger partial charge on any atom is 0.309 e. The van der Waals surface area contributed by atoms with Crippen LogP contribution in [0.3, 0.4) is 0 Å². The molecule has 0 amide bonds. The Balaban J connectivity index is 1.97. The van der Waals surface area contributed by atoms with Gasteiger partial charge in [0.2, 0.25) is 0 Å². The molecule has 1 rings (SSSR count). The molecule has 0 aromatic heterocycles. The number of carbonyl (C=O) groups is 1. The fourth-order valence-electron chi connectivity index (χ4n) is 0.830. The van der Waals surface area contributed by atoms with Crippen LogP contribution in [-0.2, 0) is 9.53 Å². The van der Waals surface area contributed by atoms with Crippen LogP contribution >= 0.6 is 0 Å². The van der Waals surface area contributed by atoms with Crippen molar-refractivity contribution in [3.63, 3.8) is 0 Å². The SMILES string of the molecule is CC(C)C(=O)OCNC1CNC1. The van der Waals surface area contributed by atoms with Crippen LogP contribution in [0, 0.1) is 5.92 Å². The molecule has 0 aromatic rings. The molecule has 0 atom stereocenters. The number of hydrogen-bond acceptors (Lipinski definition) is 4. The van der Waals surface area contributed by atoms with Crippen LogP contribution in [0.4, 0.5) is 0 Å². The lowest BCUT2D eigenvalue weighted by atomic mass is 10.2. The molecule has 12 heavy (non-hydrogen) atoms. The van der Waals surface area contributed by atoms with Crippen LogP contribution in [0.25, 0.3) is 0 Å². The Morgan fingerprint density at radius 2 is 2.33 bits per heavy atom. The van der Waals surface area contributed by atoms with E-state index in [0.29, 0.717) is 12.8 Å². The zero-order chi connectivity index (χ0) is 8.97. The molecule has 0 aromatic carbocycles. The average molecular weight is 172 g/mol. The molecule has 0 radical (unpaired) electrons. The van der Waals surface area contributed by atoms with Crippen molar-refractivity contribution in [2.24, 2.45) is 5.92 Å². The Labute approximate surface area is 72.7 Å². The maximum atomic E-state index is 11.0. The van der Waals surface area contributed by atoms with Gasteiger partial charge in [0.25, 0.3) is 0 Å². The van der Waals surface area contributed by atoms with Crippen molar-refractivity contribution in [1.29, 1.82) is 0 Å². The minimum Gasteiger partial charge on any atom is -0.450 e. The molecule has 1 saturated heterocycles. The van der Waals surface area contributed by atoms with E-state index in [4.69, 9.17) is 4.74 Å². The predicted molar refractivity (Wildman–Crippen MR) is 45.6 cm³/mol. The molecule has 2 N–H and O–H groups in total. The second-order valence-electron chi connectivity index (χ2n) is 3.32. The van der Waals surface area contributed by atoms with Crippen LogP contribution in [0.1, 0.15) is 13.8 Å². The van der Waals surface area contributed by atoms with Crippen molar-refractivity contribution in [2.45, 2.75) is 19.9 Å². The summed E-state index contributed by atoms with van der Waals surface area (Å²) < 4.78 is 4.93. The molecule has 0 aliphatic carbocycles. The highest BCUT2D eigenvalue weighted by atomic mass is 16.5. The number of ether oxygens (including phenoxy) is 1. The van der Waals surface area contributed by atoms with Crippen LogP contribution in [0.5, 0.6) is 0 Å². The Morgan fingerprint density at radius 1 is 1.67 bits per heavy atom.